The highest BCUT2D eigenvalue weighted by Crippen LogP contribution is 2.17. The third-order valence-electron chi connectivity index (χ3n) is 3.70. The molecule has 0 aliphatic carbocycles. The van der Waals surface area contributed by atoms with E-state index in [1.165, 1.54) is 12.1 Å². The average molecular weight is 393 g/mol. The first-order valence-electron chi connectivity index (χ1n) is 7.92. The summed E-state index contributed by atoms with van der Waals surface area (Å²) >= 11 is 0. The van der Waals surface area contributed by atoms with Crippen LogP contribution in [0.4, 0.5) is 0 Å². The van der Waals surface area contributed by atoms with Gasteiger partial charge in [-0.05, 0) is 42.6 Å². The quantitative estimate of drug-likeness (QED) is 0.650. The van der Waals surface area contributed by atoms with Crippen molar-refractivity contribution in [3.8, 4) is 5.75 Å². The lowest BCUT2D eigenvalue weighted by Crippen LogP contribution is -2.39. The van der Waals surface area contributed by atoms with Crippen molar-refractivity contribution in [3.05, 3.63) is 24.3 Å². The number of carbonyl (C=O) groups is 1. The molecular formula is C17H29ClN2O4S. The first-order valence-corrected chi connectivity index (χ1v) is 9.81. The van der Waals surface area contributed by atoms with E-state index >= 15 is 0 Å². The highest BCUT2D eigenvalue weighted by atomic mass is 35.5. The van der Waals surface area contributed by atoms with Crippen LogP contribution in [0.1, 0.15) is 26.7 Å². The van der Waals surface area contributed by atoms with E-state index in [2.05, 4.69) is 0 Å². The fraction of sp³-hybridized carbons (Fsp3) is 0.588. The van der Waals surface area contributed by atoms with E-state index in [0.29, 0.717) is 38.3 Å². The molecule has 1 rings (SSSR count). The van der Waals surface area contributed by atoms with E-state index in [0.717, 1.165) is 6.26 Å². The number of nitrogens with zero attached hydrogens (tertiary/aromatic N) is 1. The maximum Gasteiger partial charge on any atom is 0.222 e. The molecule has 1 aromatic carbocycles. The number of sulfone groups is 1. The van der Waals surface area contributed by atoms with Gasteiger partial charge in [-0.25, -0.2) is 8.42 Å². The molecule has 1 amide bonds. The monoisotopic (exact) mass is 392 g/mol. The van der Waals surface area contributed by atoms with Gasteiger partial charge in [0.05, 0.1) is 11.5 Å². The van der Waals surface area contributed by atoms with Crippen LogP contribution >= 0.6 is 12.4 Å². The zero-order valence-electron chi connectivity index (χ0n) is 15.3. The van der Waals surface area contributed by atoms with Crippen LogP contribution in [-0.2, 0) is 14.6 Å². The number of benzene rings is 1. The van der Waals surface area contributed by atoms with Crippen molar-refractivity contribution in [2.24, 2.45) is 11.1 Å². The van der Waals surface area contributed by atoms with Gasteiger partial charge < -0.3 is 15.4 Å². The summed E-state index contributed by atoms with van der Waals surface area (Å²) in [5.74, 6) is 0.653. The second kappa shape index (κ2) is 9.99. The summed E-state index contributed by atoms with van der Waals surface area (Å²) in [7, 11) is -1.42. The summed E-state index contributed by atoms with van der Waals surface area (Å²) in [5.41, 5.74) is 5.59. The molecule has 8 heteroatoms. The number of nitrogens with two attached hydrogens (primary N) is 1. The van der Waals surface area contributed by atoms with Crippen LogP contribution in [0.2, 0.25) is 0 Å². The highest BCUT2D eigenvalue weighted by molar-refractivity contribution is 7.90. The summed E-state index contributed by atoms with van der Waals surface area (Å²) in [4.78, 5) is 14.0. The van der Waals surface area contributed by atoms with Crippen LogP contribution in [0.5, 0.6) is 5.75 Å². The third kappa shape index (κ3) is 8.56. The zero-order chi connectivity index (χ0) is 18.4. The predicted molar refractivity (Wildman–Crippen MR) is 102 cm³/mol. The fourth-order valence-corrected chi connectivity index (χ4v) is 2.81. The number of ether oxygens (including phenoxy) is 1. The normalized spacial score (nSPS) is 11.6. The third-order valence-corrected chi connectivity index (χ3v) is 4.83. The van der Waals surface area contributed by atoms with Gasteiger partial charge in [0.1, 0.15) is 5.75 Å². The van der Waals surface area contributed by atoms with Gasteiger partial charge in [-0.3, -0.25) is 4.79 Å². The molecule has 25 heavy (non-hydrogen) atoms. The van der Waals surface area contributed by atoms with E-state index in [4.69, 9.17) is 10.5 Å². The number of hydrogen-bond donors (Lipinski definition) is 1. The Morgan fingerprint density at radius 2 is 1.80 bits per heavy atom. The summed E-state index contributed by atoms with van der Waals surface area (Å²) in [6, 6.07) is 6.26. The Kier molecular flexibility index (Phi) is 9.47. The van der Waals surface area contributed by atoms with Gasteiger partial charge in [0.25, 0.3) is 0 Å². The van der Waals surface area contributed by atoms with Crippen LogP contribution in [0.25, 0.3) is 0 Å². The van der Waals surface area contributed by atoms with Crippen LogP contribution in [-0.4, -0.2) is 52.2 Å². The maximum atomic E-state index is 12.1. The molecule has 2 N–H and O–H groups in total. The molecule has 0 aromatic heterocycles. The van der Waals surface area contributed by atoms with Crippen molar-refractivity contribution in [2.45, 2.75) is 31.6 Å². The van der Waals surface area contributed by atoms with Gasteiger partial charge >= 0.3 is 0 Å². The minimum Gasteiger partial charge on any atom is -0.494 e. The first kappa shape index (κ1) is 23.7. The van der Waals surface area contributed by atoms with Gasteiger partial charge in [-0.15, -0.1) is 12.4 Å². The van der Waals surface area contributed by atoms with Gasteiger partial charge in [-0.1, -0.05) is 13.8 Å². The molecule has 0 heterocycles. The van der Waals surface area contributed by atoms with Crippen molar-refractivity contribution < 1.29 is 17.9 Å². The van der Waals surface area contributed by atoms with Crippen molar-refractivity contribution in [3.63, 3.8) is 0 Å². The van der Waals surface area contributed by atoms with Gasteiger partial charge in [0.2, 0.25) is 5.91 Å². The minimum absolute atomic E-state index is 0. The molecule has 0 spiro atoms. The number of hydrogen-bond acceptors (Lipinski definition) is 5. The molecule has 6 nitrogen and oxygen atoms in total. The highest BCUT2D eigenvalue weighted by Gasteiger charge is 2.20. The molecule has 0 fully saturated rings. The summed E-state index contributed by atoms with van der Waals surface area (Å²) in [5, 5.41) is 0. The van der Waals surface area contributed by atoms with Gasteiger partial charge in [-0.2, -0.15) is 0 Å². The molecule has 0 atom stereocenters. The summed E-state index contributed by atoms with van der Waals surface area (Å²) in [6.45, 7) is 5.60. The fourth-order valence-electron chi connectivity index (χ4n) is 2.18. The number of halogens is 1. The van der Waals surface area contributed by atoms with E-state index in [1.54, 1.807) is 24.1 Å². The zero-order valence-corrected chi connectivity index (χ0v) is 17.0. The smallest absolute Gasteiger partial charge is 0.222 e. The SMILES string of the molecule is CN(CC(C)(C)CN)C(=O)CCCOc1ccc(S(C)(=O)=O)cc1.Cl. The molecule has 0 unspecified atom stereocenters. The Labute approximate surface area is 157 Å². The largest absolute Gasteiger partial charge is 0.494 e. The second-order valence-electron chi connectivity index (χ2n) is 6.81. The van der Waals surface area contributed by atoms with Gasteiger partial charge in [0.15, 0.2) is 9.84 Å². The Balaban J connectivity index is 0.00000576. The van der Waals surface area contributed by atoms with E-state index < -0.39 is 9.84 Å². The molecule has 0 radical (unpaired) electrons. The van der Waals surface area contributed by atoms with E-state index in [1.807, 2.05) is 13.8 Å². The average Bonchev–Trinajstić information content (AvgIpc) is 2.50. The van der Waals surface area contributed by atoms with Crippen molar-refractivity contribution >= 4 is 28.2 Å². The Bertz CT molecular complexity index is 645. The van der Waals surface area contributed by atoms with Crippen LogP contribution in [0.15, 0.2) is 29.2 Å². The van der Waals surface area contributed by atoms with Crippen molar-refractivity contribution in [1.29, 1.82) is 0 Å². The van der Waals surface area contributed by atoms with Crippen LogP contribution < -0.4 is 10.5 Å². The van der Waals surface area contributed by atoms with Crippen LogP contribution in [0.3, 0.4) is 0 Å². The lowest BCUT2D eigenvalue weighted by atomic mass is 9.93. The maximum absolute atomic E-state index is 12.1. The molecule has 0 aliphatic rings. The standard InChI is InChI=1S/C17H28N2O4S.ClH/c1-17(2,12-18)13-19(3)16(20)6-5-11-23-14-7-9-15(10-8-14)24(4,21)22;/h7-10H,5-6,11-13,18H2,1-4H3;1H. The molecule has 144 valence electrons. The summed E-state index contributed by atoms with van der Waals surface area (Å²) in [6.07, 6.45) is 2.16. The molecule has 0 aliphatic heterocycles. The van der Waals surface area contributed by atoms with E-state index in [9.17, 15) is 13.2 Å². The molecule has 0 saturated heterocycles. The van der Waals surface area contributed by atoms with Gasteiger partial charge in [0, 0.05) is 26.3 Å². The number of rotatable bonds is 9. The Morgan fingerprint density at radius 1 is 1.24 bits per heavy atom. The summed E-state index contributed by atoms with van der Waals surface area (Å²) < 4.78 is 28.3. The van der Waals surface area contributed by atoms with Crippen LogP contribution in [0, 0.1) is 5.41 Å². The molecule has 0 bridgehead atoms. The van der Waals surface area contributed by atoms with E-state index in [-0.39, 0.29) is 28.6 Å². The number of carbonyl (C=O) groups excluding carboxylic acids is 1. The number of amides is 1. The molecule has 0 saturated carbocycles. The molecular weight excluding hydrogens is 364 g/mol. The Morgan fingerprint density at radius 3 is 2.28 bits per heavy atom. The van der Waals surface area contributed by atoms with Crippen molar-refractivity contribution in [1.82, 2.24) is 4.90 Å². The predicted octanol–water partition coefficient (Wildman–Crippen LogP) is 2.11. The molecule has 1 aromatic rings. The second-order valence-corrected chi connectivity index (χ2v) is 8.83. The lowest BCUT2D eigenvalue weighted by molar-refractivity contribution is -0.131. The topological polar surface area (TPSA) is 89.7 Å². The Hall–Kier alpha value is -1.31. The van der Waals surface area contributed by atoms with Crippen molar-refractivity contribution in [2.75, 3.05) is 33.0 Å². The first-order chi connectivity index (χ1) is 11.0. The lowest BCUT2D eigenvalue weighted by Gasteiger charge is -2.29. The minimum atomic E-state index is -3.20.